The summed E-state index contributed by atoms with van der Waals surface area (Å²) in [6.07, 6.45) is 0. The van der Waals surface area contributed by atoms with Gasteiger partial charge < -0.3 is 9.26 Å². The molecule has 0 spiro atoms. The summed E-state index contributed by atoms with van der Waals surface area (Å²) in [6.45, 7) is -2.91. The number of halogens is 2. The van der Waals surface area contributed by atoms with E-state index >= 15 is 0 Å². The largest absolute Gasteiger partial charge is 0.434 e. The minimum absolute atomic E-state index is 0.00392. The Kier molecular flexibility index (Phi) is 3.59. The lowest BCUT2D eigenvalue weighted by molar-refractivity contribution is -0.0495. The predicted octanol–water partition coefficient (Wildman–Crippen LogP) is 4.01. The lowest BCUT2D eigenvalue weighted by Gasteiger charge is -2.06. The molecule has 4 nitrogen and oxygen atoms in total. The van der Waals surface area contributed by atoms with E-state index < -0.39 is 6.61 Å². The molecule has 0 saturated carbocycles. The molecule has 0 unspecified atom stereocenters. The Labute approximate surface area is 119 Å². The summed E-state index contributed by atoms with van der Waals surface area (Å²) in [5.41, 5.74) is 1.10. The molecule has 2 aromatic carbocycles. The number of nitrogens with zero attached hydrogens (tertiary/aromatic N) is 2. The van der Waals surface area contributed by atoms with Crippen molar-refractivity contribution in [2.24, 2.45) is 0 Å². The summed E-state index contributed by atoms with van der Waals surface area (Å²) in [6, 6.07) is 15.5. The highest BCUT2D eigenvalue weighted by Crippen LogP contribution is 2.30. The Hall–Kier alpha value is -2.76. The first-order chi connectivity index (χ1) is 10.2. The monoisotopic (exact) mass is 288 g/mol. The van der Waals surface area contributed by atoms with Gasteiger partial charge in [0.1, 0.15) is 5.75 Å². The highest BCUT2D eigenvalue weighted by molar-refractivity contribution is 5.65. The van der Waals surface area contributed by atoms with Crippen LogP contribution in [-0.2, 0) is 0 Å². The molecule has 0 aliphatic carbocycles. The molecule has 0 aliphatic rings. The summed E-state index contributed by atoms with van der Waals surface area (Å²) >= 11 is 0. The fourth-order valence-electron chi connectivity index (χ4n) is 1.88. The first-order valence-electron chi connectivity index (χ1n) is 6.17. The molecule has 0 bridgehead atoms. The Balaban J connectivity index is 1.97. The van der Waals surface area contributed by atoms with Gasteiger partial charge in [0.25, 0.3) is 5.89 Å². The summed E-state index contributed by atoms with van der Waals surface area (Å²) in [4.78, 5) is 4.22. The van der Waals surface area contributed by atoms with Crippen molar-refractivity contribution in [2.45, 2.75) is 6.61 Å². The molecule has 0 radical (unpaired) electrons. The number of para-hydroxylation sites is 1. The molecule has 0 fully saturated rings. The van der Waals surface area contributed by atoms with Crippen LogP contribution in [0, 0.1) is 0 Å². The minimum Gasteiger partial charge on any atom is -0.434 e. The normalized spacial score (nSPS) is 10.8. The maximum atomic E-state index is 12.4. The summed E-state index contributed by atoms with van der Waals surface area (Å²) in [5, 5.41) is 3.85. The second-order valence-corrected chi connectivity index (χ2v) is 4.16. The molecule has 0 aliphatic heterocycles. The molecule has 6 heteroatoms. The molecule has 1 heterocycles. The summed E-state index contributed by atoms with van der Waals surface area (Å²) in [5.74, 6) is 0.512. The van der Waals surface area contributed by atoms with Gasteiger partial charge in [0.05, 0.1) is 5.56 Å². The van der Waals surface area contributed by atoms with Gasteiger partial charge in [-0.3, -0.25) is 0 Å². The van der Waals surface area contributed by atoms with E-state index in [1.54, 1.807) is 18.2 Å². The fraction of sp³-hybridized carbons (Fsp3) is 0.0667. The highest BCUT2D eigenvalue weighted by atomic mass is 19.3. The van der Waals surface area contributed by atoms with Crippen molar-refractivity contribution >= 4 is 0 Å². The van der Waals surface area contributed by atoms with Crippen LogP contribution in [0.3, 0.4) is 0 Å². The number of hydrogen-bond donors (Lipinski definition) is 0. The smallest absolute Gasteiger partial charge is 0.387 e. The quantitative estimate of drug-likeness (QED) is 0.728. The van der Waals surface area contributed by atoms with Gasteiger partial charge in [0.2, 0.25) is 5.82 Å². The Morgan fingerprint density at radius 3 is 2.43 bits per heavy atom. The maximum absolute atomic E-state index is 12.4. The molecule has 0 amide bonds. The summed E-state index contributed by atoms with van der Waals surface area (Å²) < 4.78 is 34.4. The number of hydrogen-bond acceptors (Lipinski definition) is 4. The zero-order valence-electron chi connectivity index (χ0n) is 10.7. The van der Waals surface area contributed by atoms with Gasteiger partial charge in [-0.1, -0.05) is 47.6 Å². The van der Waals surface area contributed by atoms with Crippen LogP contribution >= 0.6 is 0 Å². The minimum atomic E-state index is -2.91. The van der Waals surface area contributed by atoms with E-state index in [9.17, 15) is 8.78 Å². The SMILES string of the molecule is FC(F)Oc1ccccc1-c1nc(-c2ccccc2)no1. The van der Waals surface area contributed by atoms with Crippen LogP contribution in [0.25, 0.3) is 22.8 Å². The van der Waals surface area contributed by atoms with Crippen LogP contribution < -0.4 is 4.74 Å². The first kappa shape index (κ1) is 13.2. The number of benzene rings is 2. The van der Waals surface area contributed by atoms with Crippen molar-refractivity contribution in [3.05, 3.63) is 54.6 Å². The van der Waals surface area contributed by atoms with E-state index in [1.165, 1.54) is 6.07 Å². The Morgan fingerprint density at radius 1 is 0.952 bits per heavy atom. The van der Waals surface area contributed by atoms with Crippen molar-refractivity contribution in [1.82, 2.24) is 10.1 Å². The number of ether oxygens (including phenoxy) is 1. The second kappa shape index (κ2) is 5.70. The van der Waals surface area contributed by atoms with Gasteiger partial charge in [-0.25, -0.2) is 0 Å². The van der Waals surface area contributed by atoms with Gasteiger partial charge in [-0.15, -0.1) is 0 Å². The molecule has 1 aromatic heterocycles. The zero-order valence-corrected chi connectivity index (χ0v) is 10.7. The van der Waals surface area contributed by atoms with Crippen LogP contribution in [0.4, 0.5) is 8.78 Å². The van der Waals surface area contributed by atoms with E-state index in [2.05, 4.69) is 14.9 Å². The molecule has 3 aromatic rings. The van der Waals surface area contributed by atoms with E-state index in [1.807, 2.05) is 30.3 Å². The van der Waals surface area contributed by atoms with Crippen molar-refractivity contribution in [3.63, 3.8) is 0 Å². The molecule has 21 heavy (non-hydrogen) atoms. The standard InChI is InChI=1S/C15H10F2N2O2/c16-15(17)20-12-9-5-4-8-11(12)14-18-13(19-21-14)10-6-2-1-3-7-10/h1-9,15H. The topological polar surface area (TPSA) is 48.2 Å². The third-order valence-electron chi connectivity index (χ3n) is 2.79. The van der Waals surface area contributed by atoms with Crippen molar-refractivity contribution in [3.8, 4) is 28.6 Å². The third kappa shape index (κ3) is 2.89. The first-order valence-corrected chi connectivity index (χ1v) is 6.17. The van der Waals surface area contributed by atoms with E-state index in [4.69, 9.17) is 4.52 Å². The molecular weight excluding hydrogens is 278 g/mol. The van der Waals surface area contributed by atoms with E-state index in [-0.39, 0.29) is 11.6 Å². The molecule has 0 N–H and O–H groups in total. The molecular formula is C15H10F2N2O2. The van der Waals surface area contributed by atoms with Gasteiger partial charge in [-0.05, 0) is 12.1 Å². The van der Waals surface area contributed by atoms with Crippen molar-refractivity contribution < 1.29 is 18.0 Å². The van der Waals surface area contributed by atoms with Gasteiger partial charge in [-0.2, -0.15) is 13.8 Å². The highest BCUT2D eigenvalue weighted by Gasteiger charge is 2.16. The van der Waals surface area contributed by atoms with Crippen molar-refractivity contribution in [2.75, 3.05) is 0 Å². The second-order valence-electron chi connectivity index (χ2n) is 4.16. The lowest BCUT2D eigenvalue weighted by Crippen LogP contribution is -2.03. The van der Waals surface area contributed by atoms with Gasteiger partial charge in [0.15, 0.2) is 0 Å². The molecule has 3 rings (SSSR count). The Bertz CT molecular complexity index is 729. The molecule has 106 valence electrons. The van der Waals surface area contributed by atoms with Crippen LogP contribution in [-0.4, -0.2) is 16.8 Å². The Morgan fingerprint density at radius 2 is 1.67 bits per heavy atom. The van der Waals surface area contributed by atoms with Crippen molar-refractivity contribution in [1.29, 1.82) is 0 Å². The van der Waals surface area contributed by atoms with Crippen LogP contribution in [0.5, 0.6) is 5.75 Å². The van der Waals surface area contributed by atoms with Gasteiger partial charge >= 0.3 is 6.61 Å². The van der Waals surface area contributed by atoms with E-state index in [0.717, 1.165) is 5.56 Å². The number of rotatable bonds is 4. The van der Waals surface area contributed by atoms with Crippen LogP contribution in [0.15, 0.2) is 59.1 Å². The predicted molar refractivity (Wildman–Crippen MR) is 71.8 cm³/mol. The average molecular weight is 288 g/mol. The number of alkyl halides is 2. The third-order valence-corrected chi connectivity index (χ3v) is 2.79. The molecule has 0 atom stereocenters. The van der Waals surface area contributed by atoms with Crippen LogP contribution in [0.2, 0.25) is 0 Å². The van der Waals surface area contributed by atoms with E-state index in [0.29, 0.717) is 11.4 Å². The maximum Gasteiger partial charge on any atom is 0.387 e. The van der Waals surface area contributed by atoms with Crippen LogP contribution in [0.1, 0.15) is 0 Å². The zero-order chi connectivity index (χ0) is 14.7. The van der Waals surface area contributed by atoms with Gasteiger partial charge in [0, 0.05) is 5.56 Å². The lowest BCUT2D eigenvalue weighted by atomic mass is 10.2. The summed E-state index contributed by atoms with van der Waals surface area (Å²) in [7, 11) is 0. The number of aromatic nitrogens is 2. The molecule has 0 saturated heterocycles. The fourth-order valence-corrected chi connectivity index (χ4v) is 1.88. The average Bonchev–Trinajstić information content (AvgIpc) is 2.98.